The lowest BCUT2D eigenvalue weighted by Crippen LogP contribution is -2.41. The van der Waals surface area contributed by atoms with E-state index in [0.29, 0.717) is 11.4 Å². The number of carbonyl (C=O) groups is 1. The molecule has 2 aromatic carbocycles. The predicted molar refractivity (Wildman–Crippen MR) is 98.3 cm³/mol. The molecule has 2 amide bonds. The molecule has 0 aliphatic heterocycles. The van der Waals surface area contributed by atoms with E-state index in [-0.39, 0.29) is 23.7 Å². The molecule has 2 N–H and O–H groups in total. The number of non-ortho nitro benzene ring substituents is 1. The summed E-state index contributed by atoms with van der Waals surface area (Å²) in [5, 5.41) is 16.3. The van der Waals surface area contributed by atoms with Crippen molar-refractivity contribution in [2.45, 2.75) is 37.8 Å². The average molecular weight is 373 g/mol. The molecule has 0 spiro atoms. The van der Waals surface area contributed by atoms with Crippen LogP contribution in [0.2, 0.25) is 0 Å². The normalized spacial score (nSPS) is 19.1. The zero-order chi connectivity index (χ0) is 19.2. The van der Waals surface area contributed by atoms with Crippen molar-refractivity contribution in [3.63, 3.8) is 0 Å². The van der Waals surface area contributed by atoms with Crippen LogP contribution in [0.25, 0.3) is 0 Å². The number of ether oxygens (including phenoxy) is 1. The summed E-state index contributed by atoms with van der Waals surface area (Å²) >= 11 is 0. The molecule has 0 saturated heterocycles. The third-order valence-corrected chi connectivity index (χ3v) is 4.44. The molecule has 7 nitrogen and oxygen atoms in total. The van der Waals surface area contributed by atoms with Crippen molar-refractivity contribution in [1.29, 1.82) is 0 Å². The minimum atomic E-state index is -0.508. The van der Waals surface area contributed by atoms with E-state index in [1.165, 1.54) is 30.3 Å². The molecule has 0 aromatic heterocycles. The van der Waals surface area contributed by atoms with Gasteiger partial charge < -0.3 is 15.4 Å². The fourth-order valence-corrected chi connectivity index (χ4v) is 3.08. The molecule has 2 aromatic rings. The number of urea groups is 1. The molecular formula is C19H20FN3O4. The lowest BCUT2D eigenvalue weighted by atomic mass is 9.93. The van der Waals surface area contributed by atoms with Gasteiger partial charge in [0.05, 0.1) is 11.0 Å². The maximum atomic E-state index is 12.9. The highest BCUT2D eigenvalue weighted by molar-refractivity contribution is 5.89. The quantitative estimate of drug-likeness (QED) is 0.605. The monoisotopic (exact) mass is 373 g/mol. The fraction of sp³-hybridized carbons (Fsp3) is 0.316. The van der Waals surface area contributed by atoms with Crippen LogP contribution in [0.15, 0.2) is 48.5 Å². The Balaban J connectivity index is 1.44. The van der Waals surface area contributed by atoms with Gasteiger partial charge in [-0.2, -0.15) is 0 Å². The van der Waals surface area contributed by atoms with Gasteiger partial charge in [0.25, 0.3) is 5.69 Å². The minimum absolute atomic E-state index is 0.0109. The Hall–Kier alpha value is -3.16. The van der Waals surface area contributed by atoms with Crippen molar-refractivity contribution in [3.05, 3.63) is 64.5 Å². The number of nitrogens with zero attached hydrogens (tertiary/aromatic N) is 1. The van der Waals surface area contributed by atoms with E-state index in [1.54, 1.807) is 18.2 Å². The standard InChI is InChI=1S/C19H20FN3O4/c20-13-4-8-17(9-5-13)27-18-10-6-14(7-11-18)21-19(24)22-15-2-1-3-16(12-15)23(25)26/h1-5,8-9,12,14,18H,6-7,10-11H2,(H2,21,22,24)/t14-,18+. The Morgan fingerprint density at radius 3 is 2.48 bits per heavy atom. The molecule has 1 aliphatic carbocycles. The maximum Gasteiger partial charge on any atom is 0.319 e. The van der Waals surface area contributed by atoms with Crippen LogP contribution in [0.3, 0.4) is 0 Å². The van der Waals surface area contributed by atoms with Gasteiger partial charge in [-0.05, 0) is 56.0 Å². The number of carbonyl (C=O) groups excluding carboxylic acids is 1. The molecule has 3 rings (SSSR count). The van der Waals surface area contributed by atoms with Crippen molar-refractivity contribution in [3.8, 4) is 5.75 Å². The van der Waals surface area contributed by atoms with Gasteiger partial charge in [0, 0.05) is 23.9 Å². The second kappa shape index (κ2) is 8.48. The largest absolute Gasteiger partial charge is 0.490 e. The molecule has 1 aliphatic rings. The van der Waals surface area contributed by atoms with E-state index in [2.05, 4.69) is 10.6 Å². The second-order valence-electron chi connectivity index (χ2n) is 6.45. The van der Waals surface area contributed by atoms with E-state index in [4.69, 9.17) is 4.74 Å². The molecule has 8 heteroatoms. The number of rotatable bonds is 5. The number of nitrogens with one attached hydrogen (secondary N) is 2. The van der Waals surface area contributed by atoms with Gasteiger partial charge in [0.15, 0.2) is 0 Å². The summed E-state index contributed by atoms with van der Waals surface area (Å²) in [6.07, 6.45) is 3.11. The summed E-state index contributed by atoms with van der Waals surface area (Å²) in [6, 6.07) is 11.3. The number of benzene rings is 2. The zero-order valence-electron chi connectivity index (χ0n) is 14.6. The summed E-state index contributed by atoms with van der Waals surface area (Å²) in [6.45, 7) is 0. The third kappa shape index (κ3) is 5.40. The topological polar surface area (TPSA) is 93.5 Å². The van der Waals surface area contributed by atoms with Crippen LogP contribution in [0, 0.1) is 15.9 Å². The highest BCUT2D eigenvalue weighted by Gasteiger charge is 2.23. The van der Waals surface area contributed by atoms with E-state index in [0.717, 1.165) is 25.7 Å². The Morgan fingerprint density at radius 1 is 1.11 bits per heavy atom. The molecule has 0 bridgehead atoms. The van der Waals surface area contributed by atoms with Gasteiger partial charge in [-0.3, -0.25) is 10.1 Å². The molecule has 1 fully saturated rings. The van der Waals surface area contributed by atoms with Gasteiger partial charge in [0.1, 0.15) is 11.6 Å². The first-order valence-electron chi connectivity index (χ1n) is 8.74. The van der Waals surface area contributed by atoms with Gasteiger partial charge in [0.2, 0.25) is 0 Å². The molecule has 0 heterocycles. The van der Waals surface area contributed by atoms with Crippen LogP contribution in [0.1, 0.15) is 25.7 Å². The first-order chi connectivity index (χ1) is 13.0. The number of nitro groups is 1. The average Bonchev–Trinajstić information content (AvgIpc) is 2.65. The van der Waals surface area contributed by atoms with Gasteiger partial charge in [-0.15, -0.1) is 0 Å². The molecular weight excluding hydrogens is 353 g/mol. The predicted octanol–water partition coefficient (Wildman–Crippen LogP) is 4.25. The summed E-state index contributed by atoms with van der Waals surface area (Å²) in [5.74, 6) is 0.334. The zero-order valence-corrected chi connectivity index (χ0v) is 14.6. The molecule has 0 radical (unpaired) electrons. The summed E-state index contributed by atoms with van der Waals surface area (Å²) in [7, 11) is 0. The van der Waals surface area contributed by atoms with Crippen molar-refractivity contribution >= 4 is 17.4 Å². The Labute approximate surface area is 155 Å². The lowest BCUT2D eigenvalue weighted by Gasteiger charge is -2.29. The molecule has 1 saturated carbocycles. The summed E-state index contributed by atoms with van der Waals surface area (Å²) < 4.78 is 18.8. The number of nitro benzene ring substituents is 1. The van der Waals surface area contributed by atoms with E-state index < -0.39 is 11.0 Å². The van der Waals surface area contributed by atoms with Crippen molar-refractivity contribution in [1.82, 2.24) is 5.32 Å². The number of anilines is 1. The molecule has 142 valence electrons. The highest BCUT2D eigenvalue weighted by atomic mass is 19.1. The molecule has 0 unspecified atom stereocenters. The number of hydrogen-bond acceptors (Lipinski definition) is 4. The Bertz CT molecular complexity index is 805. The fourth-order valence-electron chi connectivity index (χ4n) is 3.08. The lowest BCUT2D eigenvalue weighted by molar-refractivity contribution is -0.384. The SMILES string of the molecule is O=C(Nc1cccc([N+](=O)[O-])c1)N[C@H]1CC[C@@H](Oc2ccc(F)cc2)CC1. The van der Waals surface area contributed by atoms with Crippen molar-refractivity contribution in [2.75, 3.05) is 5.32 Å². The Kier molecular flexibility index (Phi) is 5.85. The maximum absolute atomic E-state index is 12.9. The third-order valence-electron chi connectivity index (χ3n) is 4.44. The van der Waals surface area contributed by atoms with Crippen molar-refractivity contribution < 1.29 is 18.8 Å². The number of hydrogen-bond donors (Lipinski definition) is 2. The van der Waals surface area contributed by atoms with E-state index in [1.807, 2.05) is 0 Å². The smallest absolute Gasteiger partial charge is 0.319 e. The van der Waals surface area contributed by atoms with Gasteiger partial charge in [-0.1, -0.05) is 6.07 Å². The Morgan fingerprint density at radius 2 is 1.81 bits per heavy atom. The van der Waals surface area contributed by atoms with Gasteiger partial charge in [-0.25, -0.2) is 9.18 Å². The highest BCUT2D eigenvalue weighted by Crippen LogP contribution is 2.24. The van der Waals surface area contributed by atoms with Crippen molar-refractivity contribution in [2.24, 2.45) is 0 Å². The van der Waals surface area contributed by atoms with Crippen LogP contribution >= 0.6 is 0 Å². The van der Waals surface area contributed by atoms with E-state index >= 15 is 0 Å². The van der Waals surface area contributed by atoms with Crippen LogP contribution in [-0.2, 0) is 0 Å². The van der Waals surface area contributed by atoms with Crippen LogP contribution in [0.4, 0.5) is 20.6 Å². The summed E-state index contributed by atoms with van der Waals surface area (Å²) in [4.78, 5) is 22.4. The first-order valence-corrected chi connectivity index (χ1v) is 8.74. The summed E-state index contributed by atoms with van der Waals surface area (Å²) in [5.41, 5.74) is 0.293. The van der Waals surface area contributed by atoms with Crippen LogP contribution in [-0.4, -0.2) is 23.1 Å². The first kappa shape index (κ1) is 18.6. The van der Waals surface area contributed by atoms with Crippen LogP contribution < -0.4 is 15.4 Å². The van der Waals surface area contributed by atoms with Gasteiger partial charge >= 0.3 is 6.03 Å². The second-order valence-corrected chi connectivity index (χ2v) is 6.45. The number of amides is 2. The van der Waals surface area contributed by atoms with E-state index in [9.17, 15) is 19.3 Å². The number of halogens is 1. The molecule has 0 atom stereocenters. The minimum Gasteiger partial charge on any atom is -0.490 e. The van der Waals surface area contributed by atoms with Crippen LogP contribution in [0.5, 0.6) is 5.75 Å². The molecule has 27 heavy (non-hydrogen) atoms.